The molecule has 1 saturated carbocycles. The Morgan fingerprint density at radius 3 is 2.72 bits per heavy atom. The second-order valence-electron chi connectivity index (χ2n) is 5.24. The number of nitrogens with zero attached hydrogens (tertiary/aromatic N) is 2. The normalized spacial score (nSPS) is 18.4. The molecule has 1 atom stereocenters. The van der Waals surface area contributed by atoms with Gasteiger partial charge in [-0.15, -0.1) is 0 Å². The lowest BCUT2D eigenvalue weighted by Crippen LogP contribution is -2.36. The van der Waals surface area contributed by atoms with Crippen LogP contribution in [0.1, 0.15) is 57.3 Å². The Labute approximate surface area is 107 Å². The summed E-state index contributed by atoms with van der Waals surface area (Å²) in [6, 6.07) is -0.116. The van der Waals surface area contributed by atoms with Gasteiger partial charge in [0.2, 0.25) is 0 Å². The monoisotopic (exact) mass is 251 g/mol. The maximum Gasteiger partial charge on any atom is 0.326 e. The molecule has 0 bridgehead atoms. The van der Waals surface area contributed by atoms with E-state index in [1.54, 1.807) is 12.5 Å². The molecule has 1 aromatic rings. The molecule has 2 N–H and O–H groups in total. The van der Waals surface area contributed by atoms with Crippen LogP contribution in [-0.2, 0) is 4.79 Å². The Morgan fingerprint density at radius 2 is 2.17 bits per heavy atom. The van der Waals surface area contributed by atoms with Gasteiger partial charge in [0.25, 0.3) is 0 Å². The van der Waals surface area contributed by atoms with Gasteiger partial charge >= 0.3 is 5.97 Å². The van der Waals surface area contributed by atoms with E-state index in [0.29, 0.717) is 6.04 Å². The van der Waals surface area contributed by atoms with Crippen LogP contribution in [0.4, 0.5) is 0 Å². The lowest BCUT2D eigenvalue weighted by Gasteiger charge is -2.22. The average molecular weight is 251 g/mol. The first-order valence-electron chi connectivity index (χ1n) is 6.60. The Bertz CT molecular complexity index is 408. The highest BCUT2D eigenvalue weighted by Crippen LogP contribution is 2.23. The molecule has 0 radical (unpaired) electrons. The molecule has 2 rings (SSSR count). The van der Waals surface area contributed by atoms with E-state index in [4.69, 9.17) is 0 Å². The number of aliphatic carboxylic acids is 1. The SMILES string of the molecule is CC(C)n1cncc1C(NC1CCCC1)C(=O)O. The van der Waals surface area contributed by atoms with Crippen molar-refractivity contribution in [1.29, 1.82) is 0 Å². The van der Waals surface area contributed by atoms with Crippen molar-refractivity contribution in [3.8, 4) is 0 Å². The molecule has 1 aromatic heterocycles. The molecule has 1 aliphatic carbocycles. The third kappa shape index (κ3) is 2.72. The van der Waals surface area contributed by atoms with Crippen molar-refractivity contribution >= 4 is 5.97 Å². The molecule has 100 valence electrons. The van der Waals surface area contributed by atoms with Crippen LogP contribution in [0.2, 0.25) is 0 Å². The van der Waals surface area contributed by atoms with Gasteiger partial charge in [-0.25, -0.2) is 4.98 Å². The van der Waals surface area contributed by atoms with Crippen LogP contribution >= 0.6 is 0 Å². The fraction of sp³-hybridized carbons (Fsp3) is 0.692. The van der Waals surface area contributed by atoms with Gasteiger partial charge in [-0.1, -0.05) is 12.8 Å². The van der Waals surface area contributed by atoms with Crippen LogP contribution < -0.4 is 5.32 Å². The van der Waals surface area contributed by atoms with Gasteiger partial charge in [-0.2, -0.15) is 0 Å². The van der Waals surface area contributed by atoms with Crippen molar-refractivity contribution in [2.45, 2.75) is 57.7 Å². The molecule has 1 aliphatic rings. The number of rotatable bonds is 5. The number of aromatic nitrogens is 2. The minimum Gasteiger partial charge on any atom is -0.480 e. The zero-order valence-corrected chi connectivity index (χ0v) is 11.0. The van der Waals surface area contributed by atoms with Gasteiger partial charge in [0.05, 0.1) is 18.2 Å². The highest BCUT2D eigenvalue weighted by molar-refractivity contribution is 5.75. The standard InChI is InChI=1S/C13H21N3O2/c1-9(2)16-8-14-7-11(16)12(13(17)18)15-10-5-3-4-6-10/h7-10,12,15H,3-6H2,1-2H3,(H,17,18). The van der Waals surface area contributed by atoms with E-state index in [1.165, 1.54) is 12.8 Å². The molecular weight excluding hydrogens is 230 g/mol. The predicted molar refractivity (Wildman–Crippen MR) is 68.4 cm³/mol. The maximum absolute atomic E-state index is 11.5. The second kappa shape index (κ2) is 5.52. The third-order valence-electron chi connectivity index (χ3n) is 3.55. The molecule has 0 aromatic carbocycles. The number of carbonyl (C=O) groups is 1. The van der Waals surface area contributed by atoms with Gasteiger partial charge in [0.15, 0.2) is 0 Å². The molecule has 0 aliphatic heterocycles. The van der Waals surface area contributed by atoms with E-state index in [9.17, 15) is 9.90 Å². The largest absolute Gasteiger partial charge is 0.480 e. The molecule has 5 nitrogen and oxygen atoms in total. The Balaban J connectivity index is 2.18. The molecule has 0 saturated heterocycles. The van der Waals surface area contributed by atoms with Gasteiger partial charge < -0.3 is 9.67 Å². The van der Waals surface area contributed by atoms with Gasteiger partial charge in [0.1, 0.15) is 6.04 Å². The quantitative estimate of drug-likeness (QED) is 0.841. The Morgan fingerprint density at radius 1 is 1.50 bits per heavy atom. The van der Waals surface area contributed by atoms with E-state index in [1.807, 2.05) is 18.4 Å². The molecule has 1 unspecified atom stereocenters. The fourth-order valence-corrected chi connectivity index (χ4v) is 2.58. The number of hydrogen-bond donors (Lipinski definition) is 2. The van der Waals surface area contributed by atoms with E-state index in [-0.39, 0.29) is 6.04 Å². The van der Waals surface area contributed by atoms with Crippen molar-refractivity contribution in [3.05, 3.63) is 18.2 Å². The minimum absolute atomic E-state index is 0.217. The lowest BCUT2D eigenvalue weighted by atomic mass is 10.1. The first-order chi connectivity index (χ1) is 8.59. The number of imidazole rings is 1. The fourth-order valence-electron chi connectivity index (χ4n) is 2.58. The zero-order valence-electron chi connectivity index (χ0n) is 11.0. The number of carboxylic acid groups (broad SMARTS) is 1. The van der Waals surface area contributed by atoms with Crippen LogP contribution in [0.3, 0.4) is 0 Å². The van der Waals surface area contributed by atoms with Crippen LogP contribution in [0.25, 0.3) is 0 Å². The third-order valence-corrected chi connectivity index (χ3v) is 3.55. The summed E-state index contributed by atoms with van der Waals surface area (Å²) in [5.41, 5.74) is 0.740. The van der Waals surface area contributed by atoms with Crippen LogP contribution in [-0.4, -0.2) is 26.7 Å². The first kappa shape index (κ1) is 13.1. The van der Waals surface area contributed by atoms with Crippen molar-refractivity contribution in [2.75, 3.05) is 0 Å². The van der Waals surface area contributed by atoms with E-state index < -0.39 is 12.0 Å². The van der Waals surface area contributed by atoms with Gasteiger partial charge in [0, 0.05) is 12.1 Å². The van der Waals surface area contributed by atoms with E-state index in [0.717, 1.165) is 18.5 Å². The van der Waals surface area contributed by atoms with Gasteiger partial charge in [-0.05, 0) is 26.7 Å². The molecular formula is C13H21N3O2. The van der Waals surface area contributed by atoms with Crippen LogP contribution in [0, 0.1) is 0 Å². The molecule has 18 heavy (non-hydrogen) atoms. The summed E-state index contributed by atoms with van der Waals surface area (Å²) < 4.78 is 1.92. The Kier molecular flexibility index (Phi) is 4.01. The van der Waals surface area contributed by atoms with Gasteiger partial charge in [-0.3, -0.25) is 10.1 Å². The highest BCUT2D eigenvalue weighted by Gasteiger charge is 2.28. The van der Waals surface area contributed by atoms with Crippen molar-refractivity contribution in [2.24, 2.45) is 0 Å². The van der Waals surface area contributed by atoms with Crippen LogP contribution in [0.5, 0.6) is 0 Å². The summed E-state index contributed by atoms with van der Waals surface area (Å²) in [5, 5.41) is 12.7. The number of hydrogen-bond acceptors (Lipinski definition) is 3. The second-order valence-corrected chi connectivity index (χ2v) is 5.24. The summed E-state index contributed by atoms with van der Waals surface area (Å²) in [6.45, 7) is 4.05. The summed E-state index contributed by atoms with van der Waals surface area (Å²) in [6.07, 6.45) is 7.87. The van der Waals surface area contributed by atoms with Crippen molar-refractivity contribution in [1.82, 2.24) is 14.9 Å². The van der Waals surface area contributed by atoms with Crippen molar-refractivity contribution in [3.63, 3.8) is 0 Å². The summed E-state index contributed by atoms with van der Waals surface area (Å²) in [7, 11) is 0. The molecule has 1 fully saturated rings. The zero-order chi connectivity index (χ0) is 13.1. The molecule has 0 spiro atoms. The average Bonchev–Trinajstić information content (AvgIpc) is 2.96. The first-order valence-corrected chi connectivity index (χ1v) is 6.60. The van der Waals surface area contributed by atoms with E-state index in [2.05, 4.69) is 10.3 Å². The number of carboxylic acids is 1. The smallest absolute Gasteiger partial charge is 0.326 e. The predicted octanol–water partition coefficient (Wildman–Crippen LogP) is 2.12. The molecule has 5 heteroatoms. The minimum atomic E-state index is -0.829. The summed E-state index contributed by atoms with van der Waals surface area (Å²) in [5.74, 6) is -0.829. The Hall–Kier alpha value is -1.36. The van der Waals surface area contributed by atoms with E-state index >= 15 is 0 Å². The number of nitrogens with one attached hydrogen (secondary N) is 1. The molecule has 0 amide bonds. The maximum atomic E-state index is 11.5. The molecule has 1 heterocycles. The summed E-state index contributed by atoms with van der Waals surface area (Å²) >= 11 is 0. The summed E-state index contributed by atoms with van der Waals surface area (Å²) in [4.78, 5) is 15.5. The lowest BCUT2D eigenvalue weighted by molar-refractivity contribution is -0.140. The van der Waals surface area contributed by atoms with Crippen LogP contribution in [0.15, 0.2) is 12.5 Å². The highest BCUT2D eigenvalue weighted by atomic mass is 16.4. The van der Waals surface area contributed by atoms with Crippen molar-refractivity contribution < 1.29 is 9.90 Å². The topological polar surface area (TPSA) is 67.2 Å².